The number of nitrogens with zero attached hydrogens (tertiary/aromatic N) is 1. The van der Waals surface area contributed by atoms with E-state index in [1.165, 1.54) is 6.92 Å². The number of hydrogen-bond acceptors (Lipinski definition) is 6. The number of rotatable bonds is 11. The summed E-state index contributed by atoms with van der Waals surface area (Å²) in [6.45, 7) is 1.58. The van der Waals surface area contributed by atoms with Gasteiger partial charge in [-0.15, -0.1) is 0 Å². The lowest BCUT2D eigenvalue weighted by atomic mass is 10.0. The van der Waals surface area contributed by atoms with Crippen LogP contribution in [0.25, 0.3) is 0 Å². The molecule has 3 rings (SSSR count). The SMILES string of the molecule is C[C@@H](NC(=O)OCc1ccccc1)C(=O)N[C@H](Cc1ccccc1)C(=O)C(=O)NCc1ccccn1. The Bertz CT molecular complexity index is 1160. The number of amides is 3. The number of nitrogens with one attached hydrogen (secondary N) is 3. The Hall–Kier alpha value is -4.53. The standard InChI is InChI=1S/C27H28N4O5/c1-19(30-27(35)36-18-21-12-6-3-7-13-21)25(33)31-23(16-20-10-4-2-5-11-20)24(32)26(34)29-17-22-14-8-9-15-28-22/h2-15,19,23H,16-18H2,1H3,(H,29,34)(H,30,35)(H,31,33)/t19-,23-/m1/s1. The number of pyridine rings is 1. The van der Waals surface area contributed by atoms with Gasteiger partial charge < -0.3 is 20.7 Å². The molecule has 9 nitrogen and oxygen atoms in total. The first-order valence-electron chi connectivity index (χ1n) is 11.5. The van der Waals surface area contributed by atoms with E-state index in [0.29, 0.717) is 5.69 Å². The number of carbonyl (C=O) groups excluding carboxylic acids is 4. The number of ketones is 1. The average molecular weight is 489 g/mol. The highest BCUT2D eigenvalue weighted by molar-refractivity contribution is 6.38. The first-order chi connectivity index (χ1) is 17.4. The van der Waals surface area contributed by atoms with Crippen molar-refractivity contribution in [1.82, 2.24) is 20.9 Å². The number of hydrogen-bond donors (Lipinski definition) is 3. The fourth-order valence-corrected chi connectivity index (χ4v) is 3.28. The second kappa shape index (κ2) is 13.4. The molecular weight excluding hydrogens is 460 g/mol. The Balaban J connectivity index is 1.59. The minimum atomic E-state index is -1.13. The van der Waals surface area contributed by atoms with Gasteiger partial charge in [0, 0.05) is 12.6 Å². The summed E-state index contributed by atoms with van der Waals surface area (Å²) in [6, 6.07) is 21.2. The first kappa shape index (κ1) is 26.1. The van der Waals surface area contributed by atoms with Gasteiger partial charge in [0.05, 0.1) is 12.2 Å². The van der Waals surface area contributed by atoms with Crippen LogP contribution < -0.4 is 16.0 Å². The average Bonchev–Trinajstić information content (AvgIpc) is 2.91. The van der Waals surface area contributed by atoms with E-state index in [2.05, 4.69) is 20.9 Å². The molecule has 0 saturated heterocycles. The number of benzene rings is 2. The zero-order valence-electron chi connectivity index (χ0n) is 19.8. The topological polar surface area (TPSA) is 126 Å². The molecule has 9 heteroatoms. The van der Waals surface area contributed by atoms with E-state index in [4.69, 9.17) is 4.74 Å². The van der Waals surface area contributed by atoms with Crippen molar-refractivity contribution in [3.8, 4) is 0 Å². The van der Waals surface area contributed by atoms with Crippen molar-refractivity contribution < 1.29 is 23.9 Å². The van der Waals surface area contributed by atoms with Crippen LogP contribution in [0.2, 0.25) is 0 Å². The smallest absolute Gasteiger partial charge is 0.408 e. The summed E-state index contributed by atoms with van der Waals surface area (Å²) in [6.07, 6.45) is 0.912. The Morgan fingerprint density at radius 1 is 0.833 bits per heavy atom. The van der Waals surface area contributed by atoms with Crippen molar-refractivity contribution >= 4 is 23.7 Å². The third-order valence-corrected chi connectivity index (χ3v) is 5.24. The number of alkyl carbamates (subject to hydrolysis) is 1. The van der Waals surface area contributed by atoms with Gasteiger partial charge in [-0.25, -0.2) is 4.79 Å². The lowest BCUT2D eigenvalue weighted by Gasteiger charge is -2.20. The van der Waals surface area contributed by atoms with E-state index in [-0.39, 0.29) is 19.6 Å². The maximum Gasteiger partial charge on any atom is 0.408 e. The van der Waals surface area contributed by atoms with E-state index in [1.54, 1.807) is 48.7 Å². The molecule has 3 N–H and O–H groups in total. The van der Waals surface area contributed by atoms with Crippen molar-refractivity contribution in [3.05, 3.63) is 102 Å². The molecule has 0 saturated carbocycles. The Morgan fingerprint density at radius 3 is 2.11 bits per heavy atom. The van der Waals surface area contributed by atoms with Crippen LogP contribution in [0, 0.1) is 0 Å². The Morgan fingerprint density at radius 2 is 1.47 bits per heavy atom. The van der Waals surface area contributed by atoms with Crippen LogP contribution >= 0.6 is 0 Å². The highest BCUT2D eigenvalue weighted by Gasteiger charge is 2.29. The minimum Gasteiger partial charge on any atom is -0.445 e. The second-order valence-electron chi connectivity index (χ2n) is 8.05. The van der Waals surface area contributed by atoms with Gasteiger partial charge in [-0.3, -0.25) is 19.4 Å². The third kappa shape index (κ3) is 8.35. The molecule has 0 bridgehead atoms. The summed E-state index contributed by atoms with van der Waals surface area (Å²) in [5.74, 6) is -2.27. The minimum absolute atomic E-state index is 0.0482. The van der Waals surface area contributed by atoms with Crippen molar-refractivity contribution in [2.24, 2.45) is 0 Å². The van der Waals surface area contributed by atoms with Crippen LogP contribution in [0.4, 0.5) is 4.79 Å². The van der Waals surface area contributed by atoms with Gasteiger partial charge >= 0.3 is 6.09 Å². The van der Waals surface area contributed by atoms with Gasteiger partial charge in [0.1, 0.15) is 18.7 Å². The van der Waals surface area contributed by atoms with Gasteiger partial charge in [-0.1, -0.05) is 66.7 Å². The van der Waals surface area contributed by atoms with Crippen LogP contribution in [0.3, 0.4) is 0 Å². The largest absolute Gasteiger partial charge is 0.445 e. The lowest BCUT2D eigenvalue weighted by molar-refractivity contribution is -0.140. The normalized spacial score (nSPS) is 12.0. The maximum atomic E-state index is 12.9. The third-order valence-electron chi connectivity index (χ3n) is 5.24. The fourth-order valence-electron chi connectivity index (χ4n) is 3.28. The predicted molar refractivity (Wildman–Crippen MR) is 132 cm³/mol. The molecule has 0 spiro atoms. The van der Waals surface area contributed by atoms with E-state index < -0.39 is 35.8 Å². The molecule has 0 aliphatic heterocycles. The lowest BCUT2D eigenvalue weighted by Crippen LogP contribution is -2.53. The number of aromatic nitrogens is 1. The molecule has 0 unspecified atom stereocenters. The van der Waals surface area contributed by atoms with E-state index >= 15 is 0 Å². The molecule has 0 aliphatic carbocycles. The van der Waals surface area contributed by atoms with Gasteiger partial charge in [0.25, 0.3) is 5.91 Å². The fraction of sp³-hybridized carbons (Fsp3) is 0.222. The zero-order chi connectivity index (χ0) is 25.8. The molecule has 36 heavy (non-hydrogen) atoms. The van der Waals surface area contributed by atoms with E-state index in [0.717, 1.165) is 11.1 Å². The maximum absolute atomic E-state index is 12.9. The first-order valence-corrected chi connectivity index (χ1v) is 11.5. The molecule has 2 aromatic carbocycles. The molecule has 3 aromatic rings. The molecule has 186 valence electrons. The van der Waals surface area contributed by atoms with Crippen LogP contribution in [0.15, 0.2) is 85.1 Å². The predicted octanol–water partition coefficient (Wildman–Crippen LogP) is 2.31. The van der Waals surface area contributed by atoms with E-state index in [1.807, 2.05) is 36.4 Å². The summed E-state index contributed by atoms with van der Waals surface area (Å²) in [7, 11) is 0. The van der Waals surface area contributed by atoms with Gasteiger partial charge in [0.2, 0.25) is 11.7 Å². The quantitative estimate of drug-likeness (QED) is 0.356. The second-order valence-corrected chi connectivity index (χ2v) is 8.05. The molecule has 1 heterocycles. The van der Waals surface area contributed by atoms with Crippen molar-refractivity contribution in [2.45, 2.75) is 38.6 Å². The summed E-state index contributed by atoms with van der Waals surface area (Å²) in [5.41, 5.74) is 2.15. The number of Topliss-reactive ketones (excluding diaryl/α,β-unsaturated/α-hetero) is 1. The van der Waals surface area contributed by atoms with Crippen molar-refractivity contribution in [1.29, 1.82) is 0 Å². The summed E-state index contributed by atoms with van der Waals surface area (Å²) in [5, 5.41) is 7.57. The molecule has 1 aromatic heterocycles. The molecule has 0 radical (unpaired) electrons. The monoisotopic (exact) mass is 488 g/mol. The number of ether oxygens (including phenoxy) is 1. The highest BCUT2D eigenvalue weighted by atomic mass is 16.5. The van der Waals surface area contributed by atoms with Gasteiger partial charge in [-0.2, -0.15) is 0 Å². The number of carbonyl (C=O) groups is 4. The van der Waals surface area contributed by atoms with Crippen molar-refractivity contribution in [3.63, 3.8) is 0 Å². The summed E-state index contributed by atoms with van der Waals surface area (Å²) in [4.78, 5) is 54.5. The van der Waals surface area contributed by atoms with Crippen LogP contribution in [0.5, 0.6) is 0 Å². The Kier molecular flexibility index (Phi) is 9.69. The molecular formula is C27H28N4O5. The molecule has 0 aliphatic rings. The molecule has 2 atom stereocenters. The Labute approximate surface area is 209 Å². The van der Waals surface area contributed by atoms with Gasteiger partial charge in [-0.05, 0) is 30.2 Å². The molecule has 3 amide bonds. The van der Waals surface area contributed by atoms with Crippen LogP contribution in [-0.4, -0.2) is 40.8 Å². The van der Waals surface area contributed by atoms with Crippen LogP contribution in [-0.2, 0) is 38.7 Å². The summed E-state index contributed by atoms with van der Waals surface area (Å²) >= 11 is 0. The summed E-state index contributed by atoms with van der Waals surface area (Å²) < 4.78 is 5.14. The highest BCUT2D eigenvalue weighted by Crippen LogP contribution is 2.06. The zero-order valence-corrected chi connectivity index (χ0v) is 19.8. The molecule has 0 fully saturated rings. The van der Waals surface area contributed by atoms with Crippen molar-refractivity contribution in [2.75, 3.05) is 0 Å². The van der Waals surface area contributed by atoms with E-state index in [9.17, 15) is 19.2 Å². The van der Waals surface area contributed by atoms with Crippen LogP contribution in [0.1, 0.15) is 23.7 Å². The van der Waals surface area contributed by atoms with Gasteiger partial charge in [0.15, 0.2) is 0 Å².